The lowest BCUT2D eigenvalue weighted by molar-refractivity contribution is -0.129. The topological polar surface area (TPSA) is 106 Å². The number of carboxylic acid groups (broad SMARTS) is 1. The molecule has 0 radical (unpaired) electrons. The summed E-state index contributed by atoms with van der Waals surface area (Å²) < 4.78 is 0. The monoisotopic (exact) mass is 471 g/mol. The van der Waals surface area contributed by atoms with Gasteiger partial charge in [-0.15, -0.1) is 0 Å². The summed E-state index contributed by atoms with van der Waals surface area (Å²) in [6, 6.07) is 24.0. The van der Waals surface area contributed by atoms with Crippen LogP contribution >= 0.6 is 0 Å². The maximum absolute atomic E-state index is 12.2. The maximum atomic E-state index is 12.2. The molecular formula is C28H29N3O4. The van der Waals surface area contributed by atoms with Crippen LogP contribution < -0.4 is 10.4 Å². The fraction of sp³-hybridized carbons (Fsp3) is 0.214. The number of fused-ring (bicyclic) bond motifs is 1. The fourth-order valence-corrected chi connectivity index (χ4v) is 4.31. The van der Waals surface area contributed by atoms with Crippen LogP contribution in [0.1, 0.15) is 32.1 Å². The standard InChI is InChI=1S/C28H29N3O4/c32-27(30-35)10-6-1-2-7-17-31(28(33)34)26-14-13-22(18-24(26)20-8-4-3-5-9-20)23-12-11-21-15-16-29-25(21)19-23/h3-5,8-9,11-16,18-19,29,35H,1-2,6-7,10,17H2,(H,30,32)(H,33,34). The summed E-state index contributed by atoms with van der Waals surface area (Å²) in [7, 11) is 0. The highest BCUT2D eigenvalue weighted by Gasteiger charge is 2.19. The van der Waals surface area contributed by atoms with Crippen molar-refractivity contribution in [1.82, 2.24) is 10.5 Å². The molecule has 0 aliphatic rings. The minimum Gasteiger partial charge on any atom is -0.465 e. The normalized spacial score (nSPS) is 10.9. The number of amides is 2. The van der Waals surface area contributed by atoms with E-state index in [-0.39, 0.29) is 6.42 Å². The molecule has 1 aromatic heterocycles. The van der Waals surface area contributed by atoms with Crippen molar-refractivity contribution in [3.8, 4) is 22.3 Å². The Bertz CT molecular complexity index is 1300. The van der Waals surface area contributed by atoms with Gasteiger partial charge in [0.15, 0.2) is 0 Å². The van der Waals surface area contributed by atoms with Crippen LogP contribution in [-0.4, -0.2) is 33.8 Å². The van der Waals surface area contributed by atoms with E-state index in [1.807, 2.05) is 54.7 Å². The molecule has 4 N–H and O–H groups in total. The van der Waals surface area contributed by atoms with Crippen molar-refractivity contribution in [2.75, 3.05) is 11.4 Å². The zero-order valence-electron chi connectivity index (χ0n) is 19.4. The Balaban J connectivity index is 1.59. The predicted molar refractivity (Wildman–Crippen MR) is 138 cm³/mol. The molecule has 0 saturated heterocycles. The number of aromatic amines is 1. The summed E-state index contributed by atoms with van der Waals surface area (Å²) in [6.45, 7) is 0.356. The molecular weight excluding hydrogens is 442 g/mol. The van der Waals surface area contributed by atoms with E-state index in [4.69, 9.17) is 5.21 Å². The highest BCUT2D eigenvalue weighted by Crippen LogP contribution is 2.36. The first kappa shape index (κ1) is 24.0. The average Bonchev–Trinajstić information content (AvgIpc) is 3.36. The van der Waals surface area contributed by atoms with Gasteiger partial charge in [0.25, 0.3) is 0 Å². The summed E-state index contributed by atoms with van der Waals surface area (Å²) in [4.78, 5) is 28.0. The zero-order valence-corrected chi connectivity index (χ0v) is 19.4. The van der Waals surface area contributed by atoms with Gasteiger partial charge in [-0.1, -0.05) is 61.4 Å². The van der Waals surface area contributed by atoms with Crippen molar-refractivity contribution in [1.29, 1.82) is 0 Å². The Labute approximate surface area is 204 Å². The van der Waals surface area contributed by atoms with Crippen LogP contribution in [0.15, 0.2) is 79.0 Å². The van der Waals surface area contributed by atoms with Crippen molar-refractivity contribution in [3.63, 3.8) is 0 Å². The van der Waals surface area contributed by atoms with Gasteiger partial charge in [0, 0.05) is 30.2 Å². The van der Waals surface area contributed by atoms with E-state index in [2.05, 4.69) is 29.2 Å². The molecule has 7 heteroatoms. The number of H-pyrrole nitrogens is 1. The highest BCUT2D eigenvalue weighted by molar-refractivity contribution is 5.95. The Hall–Kier alpha value is -4.10. The van der Waals surface area contributed by atoms with E-state index < -0.39 is 12.0 Å². The summed E-state index contributed by atoms with van der Waals surface area (Å²) in [6.07, 6.45) is 4.07. The second-order valence-corrected chi connectivity index (χ2v) is 8.51. The van der Waals surface area contributed by atoms with Crippen molar-refractivity contribution in [3.05, 3.63) is 79.0 Å². The van der Waals surface area contributed by atoms with Gasteiger partial charge >= 0.3 is 6.09 Å². The number of rotatable bonds is 10. The Morgan fingerprint density at radius 3 is 2.34 bits per heavy atom. The molecule has 0 aliphatic carbocycles. The lowest BCUT2D eigenvalue weighted by atomic mass is 9.96. The molecule has 0 aliphatic heterocycles. The fourth-order valence-electron chi connectivity index (χ4n) is 4.31. The predicted octanol–water partition coefficient (Wildman–Crippen LogP) is 6.44. The van der Waals surface area contributed by atoms with Crippen LogP contribution in [-0.2, 0) is 4.79 Å². The Morgan fingerprint density at radius 1 is 0.829 bits per heavy atom. The quantitative estimate of drug-likeness (QED) is 0.121. The third-order valence-corrected chi connectivity index (χ3v) is 6.15. The van der Waals surface area contributed by atoms with Crippen LogP contribution in [0.2, 0.25) is 0 Å². The van der Waals surface area contributed by atoms with Gasteiger partial charge in [0.05, 0.1) is 5.69 Å². The highest BCUT2D eigenvalue weighted by atomic mass is 16.5. The first-order valence-electron chi connectivity index (χ1n) is 11.8. The summed E-state index contributed by atoms with van der Waals surface area (Å²) in [5.41, 5.74) is 7.20. The summed E-state index contributed by atoms with van der Waals surface area (Å²) >= 11 is 0. The summed E-state index contributed by atoms with van der Waals surface area (Å²) in [5.74, 6) is -0.403. The number of hydrogen-bond acceptors (Lipinski definition) is 3. The first-order chi connectivity index (χ1) is 17.1. The second kappa shape index (κ2) is 11.4. The third kappa shape index (κ3) is 5.88. The molecule has 0 bridgehead atoms. The average molecular weight is 472 g/mol. The smallest absolute Gasteiger partial charge is 0.411 e. The van der Waals surface area contributed by atoms with Crippen molar-refractivity contribution in [2.45, 2.75) is 32.1 Å². The maximum Gasteiger partial charge on any atom is 0.411 e. The van der Waals surface area contributed by atoms with Gasteiger partial charge in [-0.05, 0) is 59.2 Å². The van der Waals surface area contributed by atoms with Gasteiger partial charge in [0.2, 0.25) is 5.91 Å². The number of hydroxylamine groups is 1. The number of benzene rings is 3. The molecule has 0 spiro atoms. The summed E-state index contributed by atoms with van der Waals surface area (Å²) in [5, 5.41) is 19.7. The van der Waals surface area contributed by atoms with Crippen LogP contribution in [0, 0.1) is 0 Å². The van der Waals surface area contributed by atoms with E-state index in [9.17, 15) is 14.7 Å². The molecule has 0 fully saturated rings. The largest absolute Gasteiger partial charge is 0.465 e. The number of nitrogens with zero attached hydrogens (tertiary/aromatic N) is 1. The molecule has 0 unspecified atom stereocenters. The van der Waals surface area contributed by atoms with Crippen LogP contribution in [0.5, 0.6) is 0 Å². The van der Waals surface area contributed by atoms with Crippen molar-refractivity contribution >= 4 is 28.6 Å². The van der Waals surface area contributed by atoms with E-state index in [0.29, 0.717) is 25.1 Å². The van der Waals surface area contributed by atoms with Gasteiger partial charge in [-0.3, -0.25) is 14.9 Å². The van der Waals surface area contributed by atoms with Crippen LogP contribution in [0.4, 0.5) is 10.5 Å². The molecule has 7 nitrogen and oxygen atoms in total. The molecule has 0 atom stereocenters. The molecule has 2 amide bonds. The van der Waals surface area contributed by atoms with Crippen molar-refractivity contribution < 1.29 is 19.9 Å². The Kier molecular flexibility index (Phi) is 7.80. The number of unbranched alkanes of at least 4 members (excludes halogenated alkanes) is 3. The van der Waals surface area contributed by atoms with Gasteiger partial charge in [-0.2, -0.15) is 0 Å². The molecule has 35 heavy (non-hydrogen) atoms. The third-order valence-electron chi connectivity index (χ3n) is 6.15. The lowest BCUT2D eigenvalue weighted by Gasteiger charge is -2.23. The SMILES string of the molecule is O=C(CCCCCCN(C(=O)O)c1ccc(-c2ccc3cc[nH]c3c2)cc1-c1ccccc1)NO. The van der Waals surface area contributed by atoms with Gasteiger partial charge in [0.1, 0.15) is 0 Å². The Morgan fingerprint density at radius 2 is 1.57 bits per heavy atom. The number of carbonyl (C=O) groups is 2. The van der Waals surface area contributed by atoms with Crippen LogP contribution in [0.3, 0.4) is 0 Å². The number of nitrogens with one attached hydrogen (secondary N) is 2. The second-order valence-electron chi connectivity index (χ2n) is 8.51. The molecule has 0 saturated carbocycles. The molecule has 180 valence electrons. The molecule has 1 heterocycles. The van der Waals surface area contributed by atoms with E-state index in [1.54, 1.807) is 5.48 Å². The number of anilines is 1. The lowest BCUT2D eigenvalue weighted by Crippen LogP contribution is -2.30. The number of aromatic nitrogens is 1. The van der Waals surface area contributed by atoms with E-state index >= 15 is 0 Å². The first-order valence-corrected chi connectivity index (χ1v) is 11.8. The number of carbonyl (C=O) groups excluding carboxylic acids is 1. The van der Waals surface area contributed by atoms with Crippen molar-refractivity contribution in [2.24, 2.45) is 0 Å². The minimum absolute atomic E-state index is 0.257. The minimum atomic E-state index is -0.998. The number of hydrogen-bond donors (Lipinski definition) is 4. The zero-order chi connectivity index (χ0) is 24.6. The van der Waals surface area contributed by atoms with Crippen LogP contribution in [0.25, 0.3) is 33.2 Å². The van der Waals surface area contributed by atoms with Gasteiger partial charge in [-0.25, -0.2) is 10.3 Å². The van der Waals surface area contributed by atoms with E-state index in [0.717, 1.165) is 46.0 Å². The van der Waals surface area contributed by atoms with Gasteiger partial charge < -0.3 is 10.1 Å². The van der Waals surface area contributed by atoms with E-state index in [1.165, 1.54) is 4.90 Å². The molecule has 4 rings (SSSR count). The molecule has 3 aromatic carbocycles. The molecule has 4 aromatic rings.